The lowest BCUT2D eigenvalue weighted by Gasteiger charge is -2.25. The Kier molecular flexibility index (Phi) is 9.12. The average molecular weight is 549 g/mol. The van der Waals surface area contributed by atoms with Gasteiger partial charge in [0, 0.05) is 6.54 Å². The molecule has 0 aliphatic heterocycles. The highest BCUT2D eigenvalue weighted by molar-refractivity contribution is 7.93. The first kappa shape index (κ1) is 27.9. The lowest BCUT2D eigenvalue weighted by Crippen LogP contribution is -2.40. The molecule has 0 aromatic heterocycles. The Hall–Kier alpha value is -3.63. The second-order valence-electron chi connectivity index (χ2n) is 7.95. The Morgan fingerprint density at radius 1 is 0.838 bits per heavy atom. The van der Waals surface area contributed by atoms with Crippen LogP contribution in [0.2, 0.25) is 5.02 Å². The van der Waals surface area contributed by atoms with Gasteiger partial charge in [-0.05, 0) is 60.5 Å². The van der Waals surface area contributed by atoms with Gasteiger partial charge in [-0.3, -0.25) is 9.10 Å². The Bertz CT molecular complexity index is 1380. The van der Waals surface area contributed by atoms with Crippen LogP contribution < -0.4 is 28.6 Å². The van der Waals surface area contributed by atoms with E-state index in [-0.39, 0.29) is 27.9 Å². The first-order valence-corrected chi connectivity index (χ1v) is 12.9. The second-order valence-corrected chi connectivity index (χ2v) is 10.2. The smallest absolute Gasteiger partial charge is 0.268 e. The molecule has 0 atom stereocenters. The zero-order valence-electron chi connectivity index (χ0n) is 21.2. The van der Waals surface area contributed by atoms with E-state index in [1.54, 1.807) is 37.3 Å². The summed E-state index contributed by atoms with van der Waals surface area (Å²) in [5, 5.41) is 2.95. The van der Waals surface area contributed by atoms with Crippen molar-refractivity contribution in [2.24, 2.45) is 0 Å². The highest BCUT2D eigenvalue weighted by Gasteiger charge is 2.30. The van der Waals surface area contributed by atoms with E-state index in [0.717, 1.165) is 9.87 Å². The summed E-state index contributed by atoms with van der Waals surface area (Å²) in [6.07, 6.45) is 0. The quantitative estimate of drug-likeness (QED) is 0.383. The standard InChI is InChI=1S/C26H29ClN2O7S/c1-17-6-9-23(35-4)25(12-17)37(31,32)29(19-8-11-21(33-2)20(27)14-19)16-26(30)28-15-18-7-10-22(34-3)24(13-18)36-5/h6-14H,15-16H2,1-5H3,(H,28,30). The monoisotopic (exact) mass is 548 g/mol. The van der Waals surface area contributed by atoms with Gasteiger partial charge in [0.1, 0.15) is 22.9 Å². The van der Waals surface area contributed by atoms with Crippen LogP contribution >= 0.6 is 11.6 Å². The van der Waals surface area contributed by atoms with E-state index in [0.29, 0.717) is 22.8 Å². The van der Waals surface area contributed by atoms with Crippen molar-refractivity contribution in [3.63, 3.8) is 0 Å². The fourth-order valence-corrected chi connectivity index (χ4v) is 5.52. The fourth-order valence-electron chi connectivity index (χ4n) is 3.61. The second kappa shape index (κ2) is 12.1. The number of ether oxygens (including phenoxy) is 4. The summed E-state index contributed by atoms with van der Waals surface area (Å²) < 4.78 is 49.7. The number of benzene rings is 3. The molecule has 0 heterocycles. The van der Waals surface area contributed by atoms with E-state index < -0.39 is 22.5 Å². The van der Waals surface area contributed by atoms with Gasteiger partial charge in [-0.2, -0.15) is 0 Å². The number of hydrogen-bond acceptors (Lipinski definition) is 7. The molecule has 0 bridgehead atoms. The van der Waals surface area contributed by atoms with Crippen LogP contribution in [-0.2, 0) is 21.4 Å². The SMILES string of the molecule is COc1ccc(N(CC(=O)NCc2ccc(OC)c(OC)c2)S(=O)(=O)c2cc(C)ccc2OC)cc1Cl. The third-order valence-electron chi connectivity index (χ3n) is 5.54. The number of rotatable bonds is 11. The van der Waals surface area contributed by atoms with Gasteiger partial charge in [-0.25, -0.2) is 8.42 Å². The van der Waals surface area contributed by atoms with E-state index in [4.69, 9.17) is 30.5 Å². The van der Waals surface area contributed by atoms with Crippen LogP contribution in [0.1, 0.15) is 11.1 Å². The number of carbonyl (C=O) groups is 1. The van der Waals surface area contributed by atoms with Crippen LogP contribution in [0.25, 0.3) is 0 Å². The molecule has 3 aromatic carbocycles. The molecule has 3 rings (SSSR count). The molecule has 3 aromatic rings. The number of nitrogens with one attached hydrogen (secondary N) is 1. The zero-order valence-corrected chi connectivity index (χ0v) is 22.8. The highest BCUT2D eigenvalue weighted by atomic mass is 35.5. The Balaban J connectivity index is 1.94. The summed E-state index contributed by atoms with van der Waals surface area (Å²) in [5.74, 6) is 1.06. The number of methoxy groups -OCH3 is 4. The number of sulfonamides is 1. The minimum absolute atomic E-state index is 0.0744. The van der Waals surface area contributed by atoms with Crippen molar-refractivity contribution in [3.05, 3.63) is 70.7 Å². The van der Waals surface area contributed by atoms with Gasteiger partial charge in [-0.1, -0.05) is 23.7 Å². The molecule has 11 heteroatoms. The molecule has 0 saturated carbocycles. The Morgan fingerprint density at radius 2 is 1.46 bits per heavy atom. The summed E-state index contributed by atoms with van der Waals surface area (Å²) in [7, 11) is 1.64. The maximum atomic E-state index is 13.9. The molecule has 198 valence electrons. The normalized spacial score (nSPS) is 11.0. The summed E-state index contributed by atoms with van der Waals surface area (Å²) in [6, 6.07) is 14.5. The molecule has 1 N–H and O–H groups in total. The van der Waals surface area contributed by atoms with E-state index >= 15 is 0 Å². The van der Waals surface area contributed by atoms with E-state index in [2.05, 4.69) is 5.32 Å². The molecular formula is C26H29ClN2O7S. The van der Waals surface area contributed by atoms with E-state index in [1.165, 1.54) is 52.7 Å². The topological polar surface area (TPSA) is 103 Å². The zero-order chi connectivity index (χ0) is 27.2. The molecule has 0 radical (unpaired) electrons. The van der Waals surface area contributed by atoms with Crippen LogP contribution in [0.4, 0.5) is 5.69 Å². The van der Waals surface area contributed by atoms with E-state index in [9.17, 15) is 13.2 Å². The molecule has 0 aliphatic rings. The average Bonchev–Trinajstić information content (AvgIpc) is 2.90. The molecular weight excluding hydrogens is 520 g/mol. The van der Waals surface area contributed by atoms with Crippen molar-refractivity contribution < 1.29 is 32.2 Å². The maximum Gasteiger partial charge on any atom is 0.268 e. The van der Waals surface area contributed by atoms with Crippen molar-refractivity contribution in [1.82, 2.24) is 5.32 Å². The van der Waals surface area contributed by atoms with E-state index in [1.807, 2.05) is 0 Å². The fraction of sp³-hybridized carbons (Fsp3) is 0.269. The van der Waals surface area contributed by atoms with Gasteiger partial charge in [0.25, 0.3) is 10.0 Å². The van der Waals surface area contributed by atoms with Crippen molar-refractivity contribution in [1.29, 1.82) is 0 Å². The molecule has 0 saturated heterocycles. The van der Waals surface area contributed by atoms with Crippen molar-refractivity contribution in [3.8, 4) is 23.0 Å². The minimum atomic E-state index is -4.24. The first-order valence-electron chi connectivity index (χ1n) is 11.1. The molecule has 0 fully saturated rings. The first-order chi connectivity index (χ1) is 17.6. The van der Waals surface area contributed by atoms with Crippen molar-refractivity contribution in [2.75, 3.05) is 39.3 Å². The number of nitrogens with zero attached hydrogens (tertiary/aromatic N) is 1. The van der Waals surface area contributed by atoms with Crippen LogP contribution in [0.15, 0.2) is 59.5 Å². The van der Waals surface area contributed by atoms with Gasteiger partial charge in [-0.15, -0.1) is 0 Å². The number of halogens is 1. The number of carbonyl (C=O) groups excluding carboxylic acids is 1. The molecule has 9 nitrogen and oxygen atoms in total. The van der Waals surface area contributed by atoms with Crippen LogP contribution in [0.5, 0.6) is 23.0 Å². The van der Waals surface area contributed by atoms with Gasteiger partial charge < -0.3 is 24.3 Å². The molecule has 0 spiro atoms. The minimum Gasteiger partial charge on any atom is -0.495 e. The van der Waals surface area contributed by atoms with Crippen molar-refractivity contribution >= 4 is 33.2 Å². The third-order valence-corrected chi connectivity index (χ3v) is 7.63. The third kappa shape index (κ3) is 6.39. The van der Waals surface area contributed by atoms with Crippen LogP contribution in [0.3, 0.4) is 0 Å². The highest BCUT2D eigenvalue weighted by Crippen LogP contribution is 2.34. The van der Waals surface area contributed by atoms with Crippen molar-refractivity contribution in [2.45, 2.75) is 18.4 Å². The number of hydrogen-bond donors (Lipinski definition) is 1. The number of anilines is 1. The van der Waals surface area contributed by atoms with Crippen LogP contribution in [-0.4, -0.2) is 49.3 Å². The molecule has 1 amide bonds. The summed E-state index contributed by atoms with van der Waals surface area (Å²) in [5.41, 5.74) is 1.65. The molecule has 0 aliphatic carbocycles. The van der Waals surface area contributed by atoms with Crippen LogP contribution in [0, 0.1) is 6.92 Å². The molecule has 0 unspecified atom stereocenters. The maximum absolute atomic E-state index is 13.9. The van der Waals surface area contributed by atoms with Gasteiger partial charge in [0.2, 0.25) is 5.91 Å². The largest absolute Gasteiger partial charge is 0.495 e. The lowest BCUT2D eigenvalue weighted by atomic mass is 10.2. The number of amides is 1. The summed E-state index contributed by atoms with van der Waals surface area (Å²) in [4.78, 5) is 12.9. The lowest BCUT2D eigenvalue weighted by molar-refractivity contribution is -0.119. The Labute approximate surface area is 221 Å². The summed E-state index contributed by atoms with van der Waals surface area (Å²) >= 11 is 6.29. The predicted octanol–water partition coefficient (Wildman–Crippen LogP) is 4.19. The number of aryl methyl sites for hydroxylation is 1. The Morgan fingerprint density at radius 3 is 2.08 bits per heavy atom. The molecule has 37 heavy (non-hydrogen) atoms. The van der Waals surface area contributed by atoms with Gasteiger partial charge in [0.15, 0.2) is 11.5 Å². The van der Waals surface area contributed by atoms with Gasteiger partial charge in [0.05, 0.1) is 39.1 Å². The summed E-state index contributed by atoms with van der Waals surface area (Å²) in [6.45, 7) is 1.41. The predicted molar refractivity (Wildman–Crippen MR) is 142 cm³/mol. The van der Waals surface area contributed by atoms with Gasteiger partial charge >= 0.3 is 0 Å².